The molecule has 2 N–H and O–H groups in total. The molecule has 1 fully saturated rings. The van der Waals surface area contributed by atoms with Crippen molar-refractivity contribution in [2.24, 2.45) is 5.92 Å². The Hall–Kier alpha value is -3.68. The van der Waals surface area contributed by atoms with E-state index in [1.165, 1.54) is 0 Å². The molecule has 0 bridgehead atoms. The fourth-order valence-electron chi connectivity index (χ4n) is 2.84. The lowest BCUT2D eigenvalue weighted by molar-refractivity contribution is -0.151. The van der Waals surface area contributed by atoms with Crippen LogP contribution in [0.1, 0.15) is 22.3 Å². The molecule has 0 radical (unpaired) electrons. The maximum absolute atomic E-state index is 12.2. The van der Waals surface area contributed by atoms with Crippen LogP contribution in [0.2, 0.25) is 0 Å². The van der Waals surface area contributed by atoms with Gasteiger partial charge in [0.25, 0.3) is 11.8 Å². The number of benzene rings is 2. The summed E-state index contributed by atoms with van der Waals surface area (Å²) in [5, 5.41) is 3.73. The lowest BCUT2D eigenvalue weighted by Gasteiger charge is -2.17. The molecule has 29 heavy (non-hydrogen) atoms. The summed E-state index contributed by atoms with van der Waals surface area (Å²) >= 11 is 0. The van der Waals surface area contributed by atoms with E-state index < -0.39 is 30.3 Å². The highest BCUT2D eigenvalue weighted by molar-refractivity contribution is 5.97. The standard InChI is InChI=1S/C21H21N3O5/c1-14-7-9-17(10-8-14)22-18(25)13-29-21(28)16-11-19(26)24(12-16)23-20(27)15-5-3-2-4-6-15/h2-10,16H,11-13H2,1H3,(H,22,25)(H,23,27)/t16-/m1/s1. The molecule has 0 spiro atoms. The van der Waals surface area contributed by atoms with Crippen molar-refractivity contribution in [2.45, 2.75) is 13.3 Å². The van der Waals surface area contributed by atoms with Gasteiger partial charge in [-0.15, -0.1) is 0 Å². The molecule has 150 valence electrons. The van der Waals surface area contributed by atoms with Crippen molar-refractivity contribution in [2.75, 3.05) is 18.5 Å². The van der Waals surface area contributed by atoms with Gasteiger partial charge in [-0.05, 0) is 31.2 Å². The number of nitrogens with zero attached hydrogens (tertiary/aromatic N) is 1. The Morgan fingerprint density at radius 1 is 1.07 bits per heavy atom. The van der Waals surface area contributed by atoms with Crippen LogP contribution in [0.25, 0.3) is 0 Å². The normalized spacial score (nSPS) is 15.7. The molecule has 0 aromatic heterocycles. The molecule has 1 atom stereocenters. The largest absolute Gasteiger partial charge is 0.455 e. The van der Waals surface area contributed by atoms with E-state index in [-0.39, 0.29) is 18.9 Å². The van der Waals surface area contributed by atoms with Crippen LogP contribution in [0, 0.1) is 12.8 Å². The number of carbonyl (C=O) groups excluding carboxylic acids is 4. The van der Waals surface area contributed by atoms with Gasteiger partial charge >= 0.3 is 5.97 Å². The number of hydrogen-bond acceptors (Lipinski definition) is 5. The lowest BCUT2D eigenvalue weighted by atomic mass is 10.1. The summed E-state index contributed by atoms with van der Waals surface area (Å²) in [6.07, 6.45) is -0.0898. The van der Waals surface area contributed by atoms with Crippen molar-refractivity contribution in [3.8, 4) is 0 Å². The minimum atomic E-state index is -0.745. The number of hydrogen-bond donors (Lipinski definition) is 2. The molecule has 2 aromatic carbocycles. The second kappa shape index (κ2) is 9.01. The predicted octanol–water partition coefficient (Wildman–Crippen LogP) is 1.67. The van der Waals surface area contributed by atoms with Crippen LogP contribution in [-0.2, 0) is 19.1 Å². The Morgan fingerprint density at radius 3 is 2.45 bits per heavy atom. The predicted molar refractivity (Wildman–Crippen MR) is 104 cm³/mol. The highest BCUT2D eigenvalue weighted by atomic mass is 16.5. The average molecular weight is 395 g/mol. The molecule has 8 heteroatoms. The summed E-state index contributed by atoms with van der Waals surface area (Å²) in [4.78, 5) is 48.4. The zero-order chi connectivity index (χ0) is 20.8. The number of carbonyl (C=O) groups is 4. The summed E-state index contributed by atoms with van der Waals surface area (Å²) in [6, 6.07) is 15.6. The summed E-state index contributed by atoms with van der Waals surface area (Å²) in [5.74, 6) is -2.70. The molecule has 0 aliphatic carbocycles. The number of amides is 3. The van der Waals surface area contributed by atoms with Gasteiger partial charge in [0.05, 0.1) is 12.5 Å². The van der Waals surface area contributed by atoms with Crippen LogP contribution in [0.15, 0.2) is 54.6 Å². The highest BCUT2D eigenvalue weighted by Crippen LogP contribution is 2.18. The van der Waals surface area contributed by atoms with Gasteiger partial charge in [0, 0.05) is 17.7 Å². The van der Waals surface area contributed by atoms with Crippen LogP contribution >= 0.6 is 0 Å². The van der Waals surface area contributed by atoms with Gasteiger partial charge in [-0.3, -0.25) is 29.6 Å². The molecular weight excluding hydrogens is 374 g/mol. The second-order valence-corrected chi connectivity index (χ2v) is 6.73. The zero-order valence-corrected chi connectivity index (χ0v) is 15.9. The summed E-state index contributed by atoms with van der Waals surface area (Å²) in [5.41, 5.74) is 4.55. The Bertz CT molecular complexity index is 912. The highest BCUT2D eigenvalue weighted by Gasteiger charge is 2.36. The van der Waals surface area contributed by atoms with Gasteiger partial charge in [0.1, 0.15) is 0 Å². The minimum Gasteiger partial charge on any atom is -0.455 e. The average Bonchev–Trinajstić information content (AvgIpc) is 3.09. The molecular formula is C21H21N3O5. The van der Waals surface area contributed by atoms with Crippen molar-refractivity contribution in [1.29, 1.82) is 0 Å². The fraction of sp³-hybridized carbons (Fsp3) is 0.238. The lowest BCUT2D eigenvalue weighted by Crippen LogP contribution is -2.43. The van der Waals surface area contributed by atoms with E-state index in [9.17, 15) is 19.2 Å². The van der Waals surface area contributed by atoms with Gasteiger partial charge in [-0.25, -0.2) is 0 Å². The molecule has 8 nitrogen and oxygen atoms in total. The van der Waals surface area contributed by atoms with Crippen molar-refractivity contribution < 1.29 is 23.9 Å². The molecule has 1 aliphatic rings. The SMILES string of the molecule is Cc1ccc(NC(=O)COC(=O)[C@@H]2CC(=O)N(NC(=O)c3ccccc3)C2)cc1. The maximum atomic E-state index is 12.2. The Labute approximate surface area is 167 Å². The Morgan fingerprint density at radius 2 is 1.76 bits per heavy atom. The second-order valence-electron chi connectivity index (χ2n) is 6.73. The van der Waals surface area contributed by atoms with Crippen molar-refractivity contribution in [3.63, 3.8) is 0 Å². The molecule has 1 saturated heterocycles. The molecule has 1 heterocycles. The van der Waals surface area contributed by atoms with Crippen LogP contribution in [-0.4, -0.2) is 41.9 Å². The third kappa shape index (κ3) is 5.41. The number of anilines is 1. The van der Waals surface area contributed by atoms with E-state index in [0.717, 1.165) is 10.6 Å². The van der Waals surface area contributed by atoms with E-state index >= 15 is 0 Å². The molecule has 0 unspecified atom stereocenters. The van der Waals surface area contributed by atoms with Crippen LogP contribution in [0.5, 0.6) is 0 Å². The van der Waals surface area contributed by atoms with E-state index in [2.05, 4.69) is 10.7 Å². The first-order valence-corrected chi connectivity index (χ1v) is 9.12. The monoisotopic (exact) mass is 395 g/mol. The molecule has 3 amide bonds. The topological polar surface area (TPSA) is 105 Å². The van der Waals surface area contributed by atoms with Crippen LogP contribution in [0.3, 0.4) is 0 Å². The van der Waals surface area contributed by atoms with Crippen molar-refractivity contribution >= 4 is 29.4 Å². The van der Waals surface area contributed by atoms with Gasteiger partial charge in [-0.2, -0.15) is 0 Å². The first kappa shape index (κ1) is 20.1. The van der Waals surface area contributed by atoms with Gasteiger partial charge in [0.2, 0.25) is 5.91 Å². The zero-order valence-electron chi connectivity index (χ0n) is 15.9. The molecule has 3 rings (SSSR count). The van der Waals surface area contributed by atoms with Gasteiger partial charge < -0.3 is 10.1 Å². The third-order valence-electron chi connectivity index (χ3n) is 4.41. The van der Waals surface area contributed by atoms with E-state index in [4.69, 9.17) is 4.74 Å². The fourth-order valence-corrected chi connectivity index (χ4v) is 2.84. The number of rotatable bonds is 6. The Kier molecular flexibility index (Phi) is 6.23. The third-order valence-corrected chi connectivity index (χ3v) is 4.41. The first-order chi connectivity index (χ1) is 13.9. The van der Waals surface area contributed by atoms with E-state index in [0.29, 0.717) is 11.3 Å². The minimum absolute atomic E-state index is 0.00415. The van der Waals surface area contributed by atoms with E-state index in [1.807, 2.05) is 19.1 Å². The first-order valence-electron chi connectivity index (χ1n) is 9.12. The van der Waals surface area contributed by atoms with E-state index in [1.54, 1.807) is 42.5 Å². The number of nitrogens with one attached hydrogen (secondary N) is 2. The number of esters is 1. The molecule has 1 aliphatic heterocycles. The number of ether oxygens (including phenoxy) is 1. The van der Waals surface area contributed by atoms with Gasteiger partial charge in [0.15, 0.2) is 6.61 Å². The maximum Gasteiger partial charge on any atom is 0.311 e. The number of aryl methyl sites for hydroxylation is 1. The molecule has 2 aromatic rings. The smallest absolute Gasteiger partial charge is 0.311 e. The Balaban J connectivity index is 1.46. The van der Waals surface area contributed by atoms with Crippen molar-refractivity contribution in [3.05, 3.63) is 65.7 Å². The molecule has 0 saturated carbocycles. The summed E-state index contributed by atoms with van der Waals surface area (Å²) in [7, 11) is 0. The summed E-state index contributed by atoms with van der Waals surface area (Å²) < 4.78 is 5.03. The van der Waals surface area contributed by atoms with Crippen molar-refractivity contribution in [1.82, 2.24) is 10.4 Å². The summed E-state index contributed by atoms with van der Waals surface area (Å²) in [6.45, 7) is 1.48. The van der Waals surface area contributed by atoms with Gasteiger partial charge in [-0.1, -0.05) is 35.9 Å². The quantitative estimate of drug-likeness (QED) is 0.724. The van der Waals surface area contributed by atoms with Crippen LogP contribution in [0.4, 0.5) is 5.69 Å². The van der Waals surface area contributed by atoms with Crippen LogP contribution < -0.4 is 10.7 Å². The number of hydrazine groups is 1.